The van der Waals surface area contributed by atoms with Crippen molar-refractivity contribution in [3.63, 3.8) is 0 Å². The van der Waals surface area contributed by atoms with Gasteiger partial charge in [0.1, 0.15) is 17.7 Å². The monoisotopic (exact) mass is 398 g/mol. The van der Waals surface area contributed by atoms with Gasteiger partial charge in [0.15, 0.2) is 11.8 Å². The highest BCUT2D eigenvalue weighted by Gasteiger charge is 2.23. The molecule has 0 bridgehead atoms. The number of aromatic nitrogens is 3. The first-order chi connectivity index (χ1) is 13.9. The van der Waals surface area contributed by atoms with Crippen LogP contribution in [-0.4, -0.2) is 46.0 Å². The molecule has 0 spiro atoms. The zero-order valence-corrected chi connectivity index (χ0v) is 18.3. The smallest absolute Gasteiger partial charge is 0.191 e. The Balaban J connectivity index is 1.57. The van der Waals surface area contributed by atoms with Crippen molar-refractivity contribution in [2.24, 2.45) is 4.99 Å². The van der Waals surface area contributed by atoms with Gasteiger partial charge in [-0.05, 0) is 44.9 Å². The Labute approximate surface area is 174 Å². The summed E-state index contributed by atoms with van der Waals surface area (Å²) in [5.41, 5.74) is 1.19. The van der Waals surface area contributed by atoms with Gasteiger partial charge in [-0.3, -0.25) is 0 Å². The molecule has 2 heterocycles. The van der Waals surface area contributed by atoms with Crippen LogP contribution in [0.3, 0.4) is 0 Å². The molecule has 3 rings (SSSR count). The van der Waals surface area contributed by atoms with Gasteiger partial charge in [-0.2, -0.15) is 5.10 Å². The maximum atomic E-state index is 6.00. The molecule has 0 amide bonds. The van der Waals surface area contributed by atoms with E-state index in [4.69, 9.17) is 9.73 Å². The predicted molar refractivity (Wildman–Crippen MR) is 117 cm³/mol. The van der Waals surface area contributed by atoms with E-state index in [9.17, 15) is 0 Å². The lowest BCUT2D eigenvalue weighted by Crippen LogP contribution is -2.47. The lowest BCUT2D eigenvalue weighted by molar-refractivity contribution is 0.230. The Morgan fingerprint density at radius 2 is 2.17 bits per heavy atom. The molecule has 1 aliphatic rings. The zero-order chi connectivity index (χ0) is 20.8. The zero-order valence-electron chi connectivity index (χ0n) is 18.3. The SMILES string of the molecule is CCNC(=NCC(C)Oc1cccc(C)c1)NC1CCc2nc(C(C)C)nn2C1. The fourth-order valence-corrected chi connectivity index (χ4v) is 3.38. The van der Waals surface area contributed by atoms with Crippen molar-refractivity contribution >= 4 is 5.96 Å². The first-order valence-electron chi connectivity index (χ1n) is 10.7. The number of hydrogen-bond acceptors (Lipinski definition) is 4. The minimum absolute atomic E-state index is 0.00544. The maximum Gasteiger partial charge on any atom is 0.191 e. The van der Waals surface area contributed by atoms with Gasteiger partial charge >= 0.3 is 0 Å². The molecule has 2 unspecified atom stereocenters. The normalized spacial score (nSPS) is 17.7. The van der Waals surface area contributed by atoms with E-state index in [1.807, 2.05) is 29.8 Å². The van der Waals surface area contributed by atoms with Crippen molar-refractivity contribution in [1.29, 1.82) is 0 Å². The second-order valence-corrected chi connectivity index (χ2v) is 8.07. The number of fused-ring (bicyclic) bond motifs is 1. The number of benzene rings is 1. The van der Waals surface area contributed by atoms with Gasteiger partial charge < -0.3 is 15.4 Å². The molecule has 1 aromatic carbocycles. The molecule has 0 radical (unpaired) electrons. The van der Waals surface area contributed by atoms with Crippen LogP contribution in [0.2, 0.25) is 0 Å². The molecule has 7 heteroatoms. The third-order valence-corrected chi connectivity index (χ3v) is 4.91. The average Bonchev–Trinajstić information content (AvgIpc) is 3.10. The molecular formula is C22H34N6O. The summed E-state index contributed by atoms with van der Waals surface area (Å²) in [6.45, 7) is 12.7. The standard InChI is InChI=1S/C22H34N6O/c1-6-23-22(24-13-17(5)29-19-9-7-8-16(4)12-19)25-18-10-11-20-26-21(15(2)3)27-28(20)14-18/h7-9,12,15,17-18H,6,10-11,13-14H2,1-5H3,(H2,23,24,25). The number of rotatable bonds is 7. The predicted octanol–water partition coefficient (Wildman–Crippen LogP) is 3.05. The molecule has 1 aliphatic heterocycles. The van der Waals surface area contributed by atoms with Gasteiger partial charge in [0.05, 0.1) is 13.1 Å². The Morgan fingerprint density at radius 1 is 1.34 bits per heavy atom. The molecule has 7 nitrogen and oxygen atoms in total. The molecule has 29 heavy (non-hydrogen) atoms. The van der Waals surface area contributed by atoms with Gasteiger partial charge in [-0.1, -0.05) is 26.0 Å². The van der Waals surface area contributed by atoms with Crippen molar-refractivity contribution in [3.05, 3.63) is 41.5 Å². The highest BCUT2D eigenvalue weighted by Crippen LogP contribution is 2.17. The van der Waals surface area contributed by atoms with E-state index >= 15 is 0 Å². The second-order valence-electron chi connectivity index (χ2n) is 8.07. The summed E-state index contributed by atoms with van der Waals surface area (Å²) < 4.78 is 8.05. The Bertz CT molecular complexity index is 828. The van der Waals surface area contributed by atoms with Crippen LogP contribution in [0.4, 0.5) is 0 Å². The summed E-state index contributed by atoms with van der Waals surface area (Å²) >= 11 is 0. The third-order valence-electron chi connectivity index (χ3n) is 4.91. The van der Waals surface area contributed by atoms with Crippen LogP contribution in [0.15, 0.2) is 29.3 Å². The average molecular weight is 399 g/mol. The van der Waals surface area contributed by atoms with Crippen molar-refractivity contribution in [2.75, 3.05) is 13.1 Å². The van der Waals surface area contributed by atoms with Crippen molar-refractivity contribution in [2.45, 2.75) is 72.1 Å². The molecule has 158 valence electrons. The topological polar surface area (TPSA) is 76.4 Å². The number of ether oxygens (including phenoxy) is 1. The van der Waals surface area contributed by atoms with Crippen LogP contribution in [0.5, 0.6) is 5.75 Å². The molecule has 0 aliphatic carbocycles. The molecule has 2 N–H and O–H groups in total. The fourth-order valence-electron chi connectivity index (χ4n) is 3.38. The van der Waals surface area contributed by atoms with E-state index in [1.54, 1.807) is 0 Å². The number of nitrogens with zero attached hydrogens (tertiary/aromatic N) is 4. The summed E-state index contributed by atoms with van der Waals surface area (Å²) in [6, 6.07) is 8.40. The van der Waals surface area contributed by atoms with E-state index in [2.05, 4.69) is 54.5 Å². The van der Waals surface area contributed by atoms with Crippen LogP contribution >= 0.6 is 0 Å². The maximum absolute atomic E-state index is 6.00. The van der Waals surface area contributed by atoms with Gasteiger partial charge in [-0.25, -0.2) is 14.7 Å². The van der Waals surface area contributed by atoms with Gasteiger partial charge in [0.25, 0.3) is 0 Å². The number of nitrogens with one attached hydrogen (secondary N) is 2. The van der Waals surface area contributed by atoms with Crippen molar-refractivity contribution in [3.8, 4) is 5.75 Å². The molecule has 2 aromatic rings. The first kappa shape index (κ1) is 21.1. The van der Waals surface area contributed by atoms with Gasteiger partial charge in [0, 0.05) is 24.9 Å². The van der Waals surface area contributed by atoms with Crippen LogP contribution in [0.25, 0.3) is 0 Å². The summed E-state index contributed by atoms with van der Waals surface area (Å²) in [5, 5.41) is 11.6. The summed E-state index contributed by atoms with van der Waals surface area (Å²) in [4.78, 5) is 9.41. The minimum Gasteiger partial charge on any atom is -0.489 e. The van der Waals surface area contributed by atoms with Gasteiger partial charge in [0.2, 0.25) is 0 Å². The van der Waals surface area contributed by atoms with Crippen molar-refractivity contribution < 1.29 is 4.74 Å². The number of aliphatic imine (C=N–C) groups is 1. The molecule has 0 fully saturated rings. The number of hydrogen-bond donors (Lipinski definition) is 2. The van der Waals surface area contributed by atoms with Crippen LogP contribution < -0.4 is 15.4 Å². The lowest BCUT2D eigenvalue weighted by Gasteiger charge is -2.25. The third kappa shape index (κ3) is 5.95. The van der Waals surface area contributed by atoms with Crippen LogP contribution in [0, 0.1) is 6.92 Å². The second kappa shape index (κ2) is 9.76. The Hall–Kier alpha value is -2.57. The van der Waals surface area contributed by atoms with Gasteiger partial charge in [-0.15, -0.1) is 0 Å². The highest BCUT2D eigenvalue weighted by molar-refractivity contribution is 5.80. The summed E-state index contributed by atoms with van der Waals surface area (Å²) in [7, 11) is 0. The van der Waals surface area contributed by atoms with E-state index in [1.165, 1.54) is 5.56 Å². The first-order valence-corrected chi connectivity index (χ1v) is 10.7. The number of aryl methyl sites for hydroxylation is 2. The van der Waals surface area contributed by atoms with Crippen LogP contribution in [0.1, 0.15) is 57.2 Å². The quantitative estimate of drug-likeness (QED) is 0.554. The molecule has 0 saturated heterocycles. The van der Waals surface area contributed by atoms with Crippen molar-refractivity contribution in [1.82, 2.24) is 25.4 Å². The van der Waals surface area contributed by atoms with E-state index < -0.39 is 0 Å². The summed E-state index contributed by atoms with van der Waals surface area (Å²) in [5.74, 6) is 4.09. The molecule has 2 atom stereocenters. The largest absolute Gasteiger partial charge is 0.489 e. The molecular weight excluding hydrogens is 364 g/mol. The molecule has 1 aromatic heterocycles. The highest BCUT2D eigenvalue weighted by atomic mass is 16.5. The lowest BCUT2D eigenvalue weighted by atomic mass is 10.1. The fraction of sp³-hybridized carbons (Fsp3) is 0.591. The molecule has 0 saturated carbocycles. The van der Waals surface area contributed by atoms with E-state index in [0.717, 1.165) is 49.3 Å². The Morgan fingerprint density at radius 3 is 2.90 bits per heavy atom. The summed E-state index contributed by atoms with van der Waals surface area (Å²) in [6.07, 6.45) is 1.95. The minimum atomic E-state index is -0.00544. The Kier molecular flexibility index (Phi) is 7.12. The van der Waals surface area contributed by atoms with E-state index in [0.29, 0.717) is 12.5 Å². The van der Waals surface area contributed by atoms with E-state index in [-0.39, 0.29) is 12.1 Å². The number of guanidine groups is 1. The van der Waals surface area contributed by atoms with Crippen LogP contribution in [-0.2, 0) is 13.0 Å².